The number of carbonyl (C=O) groups is 1. The van der Waals surface area contributed by atoms with Gasteiger partial charge in [-0.05, 0) is 49.4 Å². The first-order chi connectivity index (χ1) is 12.8. The van der Waals surface area contributed by atoms with Crippen molar-refractivity contribution < 1.29 is 9.53 Å². The highest BCUT2D eigenvalue weighted by molar-refractivity contribution is 5.80. The van der Waals surface area contributed by atoms with E-state index in [1.807, 2.05) is 11.1 Å². The lowest BCUT2D eigenvalue weighted by molar-refractivity contribution is -0.133. The first-order valence-corrected chi connectivity index (χ1v) is 9.85. The van der Waals surface area contributed by atoms with Crippen LogP contribution in [0.1, 0.15) is 42.9 Å². The molecule has 3 aliphatic rings. The molecule has 26 heavy (non-hydrogen) atoms. The third-order valence-corrected chi connectivity index (χ3v) is 5.89. The number of fused-ring (bicyclic) bond motifs is 3. The van der Waals surface area contributed by atoms with Crippen molar-refractivity contribution in [2.75, 3.05) is 26.3 Å². The number of hydrogen-bond donors (Lipinski definition) is 1. The number of pyridine rings is 1. The van der Waals surface area contributed by atoms with Gasteiger partial charge in [-0.15, -0.1) is 0 Å². The molecule has 2 fully saturated rings. The highest BCUT2D eigenvalue weighted by atomic mass is 16.5. The number of aromatic nitrogens is 2. The Balaban J connectivity index is 1.21. The minimum absolute atomic E-state index is 0.190. The van der Waals surface area contributed by atoms with Crippen molar-refractivity contribution in [3.8, 4) is 0 Å². The van der Waals surface area contributed by atoms with E-state index >= 15 is 0 Å². The van der Waals surface area contributed by atoms with Gasteiger partial charge in [0.05, 0.1) is 26.2 Å². The van der Waals surface area contributed by atoms with Crippen molar-refractivity contribution in [2.24, 2.45) is 0 Å². The Kier molecular flexibility index (Phi) is 4.17. The van der Waals surface area contributed by atoms with Crippen LogP contribution in [-0.4, -0.2) is 52.7 Å². The van der Waals surface area contributed by atoms with Crippen LogP contribution in [0.3, 0.4) is 0 Å². The van der Waals surface area contributed by atoms with Crippen molar-refractivity contribution in [3.05, 3.63) is 29.6 Å². The van der Waals surface area contributed by atoms with E-state index < -0.39 is 0 Å². The summed E-state index contributed by atoms with van der Waals surface area (Å²) in [7, 11) is 0. The molecule has 1 atom stereocenters. The largest absolute Gasteiger partial charge is 0.379 e. The maximum Gasteiger partial charge on any atom is 0.225 e. The monoisotopic (exact) mass is 354 g/mol. The van der Waals surface area contributed by atoms with E-state index in [-0.39, 0.29) is 5.91 Å². The minimum atomic E-state index is 0.190. The molecule has 0 aromatic carbocycles. The third-order valence-electron chi connectivity index (χ3n) is 5.89. The summed E-state index contributed by atoms with van der Waals surface area (Å²) in [6.07, 6.45) is 6.28. The highest BCUT2D eigenvalue weighted by Gasteiger charge is 2.26. The maximum atomic E-state index is 12.5. The number of hydrogen-bond acceptors (Lipinski definition) is 4. The van der Waals surface area contributed by atoms with Gasteiger partial charge in [-0.25, -0.2) is 4.98 Å². The van der Waals surface area contributed by atoms with Gasteiger partial charge < -0.3 is 19.5 Å². The fourth-order valence-electron chi connectivity index (χ4n) is 3.98. The smallest absolute Gasteiger partial charge is 0.225 e. The number of nitrogens with zero attached hydrogens (tertiary/aromatic N) is 3. The molecule has 138 valence electrons. The normalized spacial score (nSPS) is 22.3. The lowest BCUT2D eigenvalue weighted by atomic mass is 10.1. The highest BCUT2D eigenvalue weighted by Crippen LogP contribution is 2.40. The summed E-state index contributed by atoms with van der Waals surface area (Å²) in [5.74, 6) is 0.909. The van der Waals surface area contributed by atoms with E-state index in [0.29, 0.717) is 25.6 Å². The summed E-state index contributed by atoms with van der Waals surface area (Å²) < 4.78 is 7.91. The fourth-order valence-corrected chi connectivity index (χ4v) is 3.98. The van der Waals surface area contributed by atoms with Crippen LogP contribution in [-0.2, 0) is 22.6 Å². The van der Waals surface area contributed by atoms with Crippen LogP contribution in [0.5, 0.6) is 0 Å². The lowest BCUT2D eigenvalue weighted by Gasteiger charge is -2.29. The molecule has 1 saturated heterocycles. The molecule has 1 saturated carbocycles. The second kappa shape index (κ2) is 6.67. The Morgan fingerprint density at radius 2 is 2.15 bits per heavy atom. The lowest BCUT2D eigenvalue weighted by Crippen LogP contribution is -2.46. The van der Waals surface area contributed by atoms with Crippen molar-refractivity contribution in [3.63, 3.8) is 0 Å². The summed E-state index contributed by atoms with van der Waals surface area (Å²) >= 11 is 0. The number of amides is 1. The fraction of sp³-hybridized carbons (Fsp3) is 0.600. The molecule has 0 spiro atoms. The van der Waals surface area contributed by atoms with Crippen LogP contribution < -0.4 is 5.32 Å². The standard InChI is InChI=1S/C20H26N4O2/c25-19(4-8-26-13-17-3-5-21-17)23-6-7-24-18(12-23)10-15-9-16(14-1-2-14)11-22-20(15)24/h9-11,14,17,21H,1-8,12-13H2. The topological polar surface area (TPSA) is 59.4 Å². The van der Waals surface area contributed by atoms with Gasteiger partial charge in [0.25, 0.3) is 0 Å². The molecule has 2 aromatic rings. The van der Waals surface area contributed by atoms with Crippen molar-refractivity contribution in [2.45, 2.75) is 50.7 Å². The summed E-state index contributed by atoms with van der Waals surface area (Å²) in [6, 6.07) is 5.00. The molecule has 1 unspecified atom stereocenters. The summed E-state index contributed by atoms with van der Waals surface area (Å²) in [6.45, 7) is 4.59. The molecule has 4 heterocycles. The molecule has 0 radical (unpaired) electrons. The van der Waals surface area contributed by atoms with Gasteiger partial charge in [-0.3, -0.25) is 4.79 Å². The van der Waals surface area contributed by atoms with Crippen LogP contribution >= 0.6 is 0 Å². The van der Waals surface area contributed by atoms with Gasteiger partial charge >= 0.3 is 0 Å². The first kappa shape index (κ1) is 16.3. The molecule has 1 N–H and O–H groups in total. The number of ether oxygens (including phenoxy) is 1. The summed E-state index contributed by atoms with van der Waals surface area (Å²) in [4.78, 5) is 19.2. The average molecular weight is 354 g/mol. The second-order valence-corrected chi connectivity index (χ2v) is 7.82. The summed E-state index contributed by atoms with van der Waals surface area (Å²) in [5.41, 5.74) is 3.62. The Morgan fingerprint density at radius 1 is 1.27 bits per heavy atom. The molecular weight excluding hydrogens is 328 g/mol. The predicted molar refractivity (Wildman–Crippen MR) is 99.0 cm³/mol. The zero-order valence-electron chi connectivity index (χ0n) is 15.1. The number of nitrogens with one attached hydrogen (secondary N) is 1. The second-order valence-electron chi connectivity index (χ2n) is 7.82. The maximum absolute atomic E-state index is 12.5. The quantitative estimate of drug-likeness (QED) is 0.807. The van der Waals surface area contributed by atoms with Crippen LogP contribution in [0.4, 0.5) is 0 Å². The summed E-state index contributed by atoms with van der Waals surface area (Å²) in [5, 5.41) is 4.52. The van der Waals surface area contributed by atoms with Crippen LogP contribution in [0.15, 0.2) is 18.3 Å². The van der Waals surface area contributed by atoms with Gasteiger partial charge in [-0.2, -0.15) is 0 Å². The van der Waals surface area contributed by atoms with Gasteiger partial charge in [0, 0.05) is 36.4 Å². The van der Waals surface area contributed by atoms with Crippen molar-refractivity contribution >= 4 is 16.9 Å². The van der Waals surface area contributed by atoms with Gasteiger partial charge in [0.2, 0.25) is 5.91 Å². The predicted octanol–water partition coefficient (Wildman–Crippen LogP) is 2.02. The molecule has 1 aliphatic carbocycles. The van der Waals surface area contributed by atoms with E-state index in [4.69, 9.17) is 9.72 Å². The molecule has 2 aromatic heterocycles. The Morgan fingerprint density at radius 3 is 2.92 bits per heavy atom. The zero-order valence-corrected chi connectivity index (χ0v) is 15.1. The number of carbonyl (C=O) groups excluding carboxylic acids is 1. The van der Waals surface area contributed by atoms with Crippen molar-refractivity contribution in [1.29, 1.82) is 0 Å². The van der Waals surface area contributed by atoms with Crippen LogP contribution in [0.25, 0.3) is 11.0 Å². The molecule has 6 nitrogen and oxygen atoms in total. The van der Waals surface area contributed by atoms with Gasteiger partial charge in [0.1, 0.15) is 5.65 Å². The van der Waals surface area contributed by atoms with Crippen molar-refractivity contribution in [1.82, 2.24) is 19.8 Å². The van der Waals surface area contributed by atoms with E-state index in [2.05, 4.69) is 22.0 Å². The Labute approximate surface area is 153 Å². The van der Waals surface area contributed by atoms with E-state index in [0.717, 1.165) is 37.8 Å². The zero-order chi connectivity index (χ0) is 17.5. The SMILES string of the molecule is O=C(CCOCC1CCN1)N1CCn2c(cc3cc(C4CC4)cnc32)C1. The molecular formula is C20H26N4O2. The van der Waals surface area contributed by atoms with E-state index in [1.165, 1.54) is 35.9 Å². The van der Waals surface area contributed by atoms with E-state index in [9.17, 15) is 4.79 Å². The minimum Gasteiger partial charge on any atom is -0.379 e. The van der Waals surface area contributed by atoms with Gasteiger partial charge in [0.15, 0.2) is 0 Å². The molecule has 5 rings (SSSR count). The average Bonchev–Trinajstić information content (AvgIpc) is 3.40. The van der Waals surface area contributed by atoms with Crippen LogP contribution in [0.2, 0.25) is 0 Å². The molecule has 1 amide bonds. The van der Waals surface area contributed by atoms with E-state index in [1.54, 1.807) is 0 Å². The first-order valence-electron chi connectivity index (χ1n) is 9.85. The van der Waals surface area contributed by atoms with Gasteiger partial charge in [-0.1, -0.05) is 0 Å². The Bertz CT molecular complexity index is 823. The molecule has 2 aliphatic heterocycles. The molecule has 6 heteroatoms. The Hall–Kier alpha value is -1.92. The third kappa shape index (κ3) is 3.12. The van der Waals surface area contributed by atoms with Crippen LogP contribution in [0, 0.1) is 0 Å². The molecule has 0 bridgehead atoms. The number of rotatable bonds is 6.